The Morgan fingerprint density at radius 2 is 1.77 bits per heavy atom. The van der Waals surface area contributed by atoms with Crippen LogP contribution in [0.15, 0.2) is 42.5 Å². The third-order valence-corrected chi connectivity index (χ3v) is 4.29. The second-order valence-electron chi connectivity index (χ2n) is 6.06. The van der Waals surface area contributed by atoms with Gasteiger partial charge in [0.05, 0.1) is 20.3 Å². The quantitative estimate of drug-likeness (QED) is 0.778. The van der Waals surface area contributed by atoms with Gasteiger partial charge in [-0.3, -0.25) is 4.79 Å². The maximum Gasteiger partial charge on any atom is 0.261 e. The molecule has 1 N–H and O–H groups in total. The third-order valence-electron chi connectivity index (χ3n) is 4.29. The van der Waals surface area contributed by atoms with E-state index in [-0.39, 0.29) is 11.9 Å². The molecule has 0 aliphatic rings. The molecule has 0 bridgehead atoms. The molecule has 2 aromatic rings. The van der Waals surface area contributed by atoms with Crippen molar-refractivity contribution in [1.29, 1.82) is 0 Å². The van der Waals surface area contributed by atoms with E-state index < -0.39 is 6.10 Å². The van der Waals surface area contributed by atoms with Gasteiger partial charge in [0.2, 0.25) is 0 Å². The number of aryl methyl sites for hydroxylation is 1. The van der Waals surface area contributed by atoms with Crippen molar-refractivity contribution in [1.82, 2.24) is 5.32 Å². The van der Waals surface area contributed by atoms with Crippen LogP contribution in [-0.4, -0.2) is 26.2 Å². The number of rotatable bonds is 8. The van der Waals surface area contributed by atoms with Gasteiger partial charge >= 0.3 is 0 Å². The molecule has 0 spiro atoms. The van der Waals surface area contributed by atoms with Crippen molar-refractivity contribution in [2.45, 2.75) is 39.3 Å². The lowest BCUT2D eigenvalue weighted by molar-refractivity contribution is -0.127. The average Bonchev–Trinajstić information content (AvgIpc) is 2.67. The van der Waals surface area contributed by atoms with Crippen molar-refractivity contribution in [3.8, 4) is 17.2 Å². The molecule has 5 heteroatoms. The smallest absolute Gasteiger partial charge is 0.261 e. The van der Waals surface area contributed by atoms with Gasteiger partial charge in [-0.25, -0.2) is 0 Å². The van der Waals surface area contributed by atoms with E-state index in [0.717, 1.165) is 23.3 Å². The van der Waals surface area contributed by atoms with E-state index in [4.69, 9.17) is 14.2 Å². The van der Waals surface area contributed by atoms with Gasteiger partial charge in [-0.15, -0.1) is 0 Å². The Hall–Kier alpha value is -2.69. The first-order valence-electron chi connectivity index (χ1n) is 8.77. The van der Waals surface area contributed by atoms with Crippen molar-refractivity contribution in [2.75, 3.05) is 14.2 Å². The van der Waals surface area contributed by atoms with Crippen LogP contribution in [0.2, 0.25) is 0 Å². The normalized spacial score (nSPS) is 12.8. The molecule has 1 amide bonds. The third kappa shape index (κ3) is 4.69. The number of ether oxygens (including phenoxy) is 3. The van der Waals surface area contributed by atoms with Crippen molar-refractivity contribution < 1.29 is 19.0 Å². The Bertz CT molecular complexity index is 745. The average molecular weight is 357 g/mol. The van der Waals surface area contributed by atoms with Crippen LogP contribution in [0.25, 0.3) is 0 Å². The van der Waals surface area contributed by atoms with Gasteiger partial charge in [0.25, 0.3) is 5.91 Å². The van der Waals surface area contributed by atoms with Gasteiger partial charge in [0, 0.05) is 5.56 Å². The molecule has 0 aliphatic heterocycles. The second-order valence-corrected chi connectivity index (χ2v) is 6.06. The maximum absolute atomic E-state index is 12.6. The van der Waals surface area contributed by atoms with Crippen molar-refractivity contribution in [2.24, 2.45) is 0 Å². The summed E-state index contributed by atoms with van der Waals surface area (Å²) in [6, 6.07) is 13.0. The van der Waals surface area contributed by atoms with Crippen LogP contribution in [0.5, 0.6) is 17.2 Å². The molecule has 140 valence electrons. The lowest BCUT2D eigenvalue weighted by atomic mass is 10.1. The van der Waals surface area contributed by atoms with Crippen LogP contribution in [0, 0.1) is 0 Å². The summed E-state index contributed by atoms with van der Waals surface area (Å²) in [7, 11) is 3.21. The van der Waals surface area contributed by atoms with E-state index >= 15 is 0 Å². The predicted octanol–water partition coefficient (Wildman–Crippen LogP) is 3.91. The van der Waals surface area contributed by atoms with E-state index in [2.05, 4.69) is 12.2 Å². The van der Waals surface area contributed by atoms with Crippen molar-refractivity contribution >= 4 is 5.91 Å². The molecule has 26 heavy (non-hydrogen) atoms. The van der Waals surface area contributed by atoms with Crippen molar-refractivity contribution in [3.63, 3.8) is 0 Å². The first-order chi connectivity index (χ1) is 12.5. The van der Waals surface area contributed by atoms with E-state index in [1.54, 1.807) is 21.1 Å². The number of carbonyl (C=O) groups is 1. The summed E-state index contributed by atoms with van der Waals surface area (Å²) in [5.74, 6) is 1.96. The molecule has 2 aromatic carbocycles. The van der Waals surface area contributed by atoms with Crippen LogP contribution < -0.4 is 19.5 Å². The molecule has 0 fully saturated rings. The number of carbonyl (C=O) groups excluding carboxylic acids is 1. The summed E-state index contributed by atoms with van der Waals surface area (Å²) in [5, 5.41) is 2.98. The van der Waals surface area contributed by atoms with E-state index in [1.165, 1.54) is 0 Å². The fourth-order valence-electron chi connectivity index (χ4n) is 2.74. The molecular formula is C21H27NO4. The minimum Gasteiger partial charge on any atom is -0.497 e. The molecule has 2 rings (SSSR count). The lowest BCUT2D eigenvalue weighted by Gasteiger charge is -2.21. The number of benzene rings is 2. The summed E-state index contributed by atoms with van der Waals surface area (Å²) in [4.78, 5) is 12.6. The first kappa shape index (κ1) is 19.6. The largest absolute Gasteiger partial charge is 0.497 e. The number of amides is 1. The molecule has 2 atom stereocenters. The topological polar surface area (TPSA) is 56.8 Å². The number of para-hydroxylation sites is 1. The first-order valence-corrected chi connectivity index (χ1v) is 8.77. The van der Waals surface area contributed by atoms with Gasteiger partial charge in [-0.05, 0) is 50.1 Å². The molecule has 0 aliphatic carbocycles. The van der Waals surface area contributed by atoms with Crippen LogP contribution in [-0.2, 0) is 11.2 Å². The van der Waals surface area contributed by atoms with Gasteiger partial charge in [0.15, 0.2) is 6.10 Å². The van der Waals surface area contributed by atoms with E-state index in [1.807, 2.05) is 49.4 Å². The lowest BCUT2D eigenvalue weighted by Crippen LogP contribution is -2.38. The van der Waals surface area contributed by atoms with Crippen molar-refractivity contribution in [3.05, 3.63) is 53.6 Å². The summed E-state index contributed by atoms with van der Waals surface area (Å²) >= 11 is 0. The molecule has 0 saturated heterocycles. The van der Waals surface area contributed by atoms with Gasteiger partial charge in [-0.2, -0.15) is 0 Å². The molecule has 0 radical (unpaired) electrons. The highest BCUT2D eigenvalue weighted by Crippen LogP contribution is 2.29. The molecule has 0 aromatic heterocycles. The Morgan fingerprint density at radius 3 is 2.42 bits per heavy atom. The minimum atomic E-state index is -0.609. The molecule has 0 heterocycles. The number of nitrogens with one attached hydrogen (secondary N) is 1. The second kappa shape index (κ2) is 9.13. The fourth-order valence-corrected chi connectivity index (χ4v) is 2.74. The fraction of sp³-hybridized carbons (Fsp3) is 0.381. The summed E-state index contributed by atoms with van der Waals surface area (Å²) < 4.78 is 16.5. The van der Waals surface area contributed by atoms with Crippen LogP contribution in [0.1, 0.15) is 37.9 Å². The van der Waals surface area contributed by atoms with Gasteiger partial charge in [-0.1, -0.05) is 25.1 Å². The summed E-state index contributed by atoms with van der Waals surface area (Å²) in [6.45, 7) is 5.71. The standard InChI is InChI=1S/C21H27NO4/c1-6-16-9-7-8-10-19(16)26-15(3)21(23)22-14(2)18-13-17(24-4)11-12-20(18)25-5/h7-15H,6H2,1-5H3,(H,22,23)/t14-,15+/m1/s1. The maximum atomic E-state index is 12.6. The molecular weight excluding hydrogens is 330 g/mol. The Kier molecular flexibility index (Phi) is 6.89. The SMILES string of the molecule is CCc1ccccc1O[C@@H](C)C(=O)N[C@H](C)c1cc(OC)ccc1OC. The minimum absolute atomic E-state index is 0.187. The summed E-state index contributed by atoms with van der Waals surface area (Å²) in [6.07, 6.45) is 0.240. The monoisotopic (exact) mass is 357 g/mol. The van der Waals surface area contributed by atoms with Gasteiger partial charge in [0.1, 0.15) is 17.2 Å². The number of methoxy groups -OCH3 is 2. The molecule has 5 nitrogen and oxygen atoms in total. The highest BCUT2D eigenvalue weighted by atomic mass is 16.5. The van der Waals surface area contributed by atoms with Crippen LogP contribution in [0.3, 0.4) is 0 Å². The number of hydrogen-bond acceptors (Lipinski definition) is 4. The molecule has 0 unspecified atom stereocenters. The van der Waals surface area contributed by atoms with E-state index in [0.29, 0.717) is 11.5 Å². The van der Waals surface area contributed by atoms with Crippen LogP contribution in [0.4, 0.5) is 0 Å². The zero-order valence-electron chi connectivity index (χ0n) is 16.0. The predicted molar refractivity (Wildman–Crippen MR) is 102 cm³/mol. The highest BCUT2D eigenvalue weighted by molar-refractivity contribution is 5.81. The van der Waals surface area contributed by atoms with E-state index in [9.17, 15) is 4.79 Å². The Morgan fingerprint density at radius 1 is 1.04 bits per heavy atom. The van der Waals surface area contributed by atoms with Gasteiger partial charge < -0.3 is 19.5 Å². The van der Waals surface area contributed by atoms with Crippen LogP contribution >= 0.6 is 0 Å². The highest BCUT2D eigenvalue weighted by Gasteiger charge is 2.20. The number of hydrogen-bond donors (Lipinski definition) is 1. The Labute approximate surface area is 155 Å². The zero-order chi connectivity index (χ0) is 19.1. The summed E-state index contributed by atoms with van der Waals surface area (Å²) in [5.41, 5.74) is 1.93. The zero-order valence-corrected chi connectivity index (χ0v) is 16.0. The Balaban J connectivity index is 2.09. The molecule has 0 saturated carbocycles.